The monoisotopic (exact) mass is 442 g/mol. The van der Waals surface area contributed by atoms with E-state index < -0.39 is 0 Å². The number of amides is 1. The van der Waals surface area contributed by atoms with Crippen LogP contribution in [0, 0.1) is 13.8 Å². The largest absolute Gasteiger partial charge is 0.486 e. The average Bonchev–Trinajstić information content (AvgIpc) is 3.17. The van der Waals surface area contributed by atoms with Gasteiger partial charge in [-0.3, -0.25) is 4.79 Å². The van der Waals surface area contributed by atoms with Crippen molar-refractivity contribution in [1.82, 2.24) is 10.2 Å². The number of nitrogens with one attached hydrogen (secondary N) is 2. The Morgan fingerprint density at radius 3 is 2.60 bits per heavy atom. The van der Waals surface area contributed by atoms with Crippen LogP contribution < -0.4 is 20.1 Å². The van der Waals surface area contributed by atoms with Crippen LogP contribution in [0.5, 0.6) is 11.5 Å². The Bertz CT molecular complexity index is 1070. The first kappa shape index (κ1) is 20.5. The molecule has 9 heteroatoms. The van der Waals surface area contributed by atoms with Crippen molar-refractivity contribution in [1.29, 1.82) is 0 Å². The van der Waals surface area contributed by atoms with Gasteiger partial charge in [-0.25, -0.2) is 0 Å². The number of aryl methyl sites for hydroxylation is 2. The van der Waals surface area contributed by atoms with E-state index >= 15 is 0 Å². The van der Waals surface area contributed by atoms with Gasteiger partial charge in [0.2, 0.25) is 11.0 Å². The number of fused-ring (bicyclic) bond motifs is 1. The minimum Gasteiger partial charge on any atom is -0.486 e. The maximum atomic E-state index is 12.6. The van der Waals surface area contributed by atoms with E-state index in [1.807, 2.05) is 13.0 Å². The zero-order chi connectivity index (χ0) is 21.1. The number of carbonyl (C=O) groups is 1. The molecule has 1 unspecified atom stereocenters. The fourth-order valence-electron chi connectivity index (χ4n) is 2.82. The summed E-state index contributed by atoms with van der Waals surface area (Å²) in [6.45, 7) is 7.04. The quantitative estimate of drug-likeness (QED) is 0.531. The molecule has 1 atom stereocenters. The number of rotatable bonds is 6. The Kier molecular flexibility index (Phi) is 6.10. The van der Waals surface area contributed by atoms with Gasteiger partial charge in [-0.05, 0) is 56.2 Å². The molecule has 0 spiro atoms. The van der Waals surface area contributed by atoms with E-state index in [-0.39, 0.29) is 11.2 Å². The second-order valence-corrected chi connectivity index (χ2v) is 9.47. The van der Waals surface area contributed by atoms with E-state index in [0.29, 0.717) is 35.5 Å². The maximum absolute atomic E-state index is 12.6. The second-order valence-electron chi connectivity index (χ2n) is 6.90. The van der Waals surface area contributed by atoms with Crippen molar-refractivity contribution in [2.75, 3.05) is 23.8 Å². The summed E-state index contributed by atoms with van der Waals surface area (Å²) in [6.07, 6.45) is 0. The number of aromatic nitrogens is 2. The molecule has 7 nitrogen and oxygen atoms in total. The zero-order valence-corrected chi connectivity index (χ0v) is 18.5. The van der Waals surface area contributed by atoms with Crippen molar-refractivity contribution < 1.29 is 14.3 Å². The minimum absolute atomic E-state index is 0.115. The lowest BCUT2D eigenvalue weighted by atomic mass is 10.1. The fraction of sp³-hybridized carbons (Fsp3) is 0.286. The second kappa shape index (κ2) is 8.93. The molecule has 30 heavy (non-hydrogen) atoms. The molecule has 156 valence electrons. The molecule has 0 fully saturated rings. The van der Waals surface area contributed by atoms with Gasteiger partial charge >= 0.3 is 0 Å². The van der Waals surface area contributed by atoms with Gasteiger partial charge < -0.3 is 20.1 Å². The molecule has 2 aromatic carbocycles. The molecule has 0 aliphatic carbocycles. The number of nitrogens with zero attached hydrogens (tertiary/aromatic N) is 2. The van der Waals surface area contributed by atoms with Gasteiger partial charge in [-0.15, -0.1) is 10.2 Å². The predicted octanol–water partition coefficient (Wildman–Crippen LogP) is 4.79. The fourth-order valence-corrected chi connectivity index (χ4v) is 4.74. The number of anilines is 3. The number of hydrogen-bond acceptors (Lipinski definition) is 8. The highest BCUT2D eigenvalue weighted by molar-refractivity contribution is 8.02. The van der Waals surface area contributed by atoms with Gasteiger partial charge in [0.25, 0.3) is 0 Å². The Labute approximate surface area is 183 Å². The third-order valence-corrected chi connectivity index (χ3v) is 6.64. The highest BCUT2D eigenvalue weighted by Gasteiger charge is 2.19. The van der Waals surface area contributed by atoms with Crippen LogP contribution in [0.3, 0.4) is 0 Å². The van der Waals surface area contributed by atoms with Crippen LogP contribution in [-0.4, -0.2) is 34.6 Å². The first-order chi connectivity index (χ1) is 14.5. The van der Waals surface area contributed by atoms with Crippen LogP contribution in [0.1, 0.15) is 18.1 Å². The van der Waals surface area contributed by atoms with E-state index in [0.717, 1.165) is 10.0 Å². The molecule has 1 aliphatic rings. The number of hydrogen-bond donors (Lipinski definition) is 2. The summed E-state index contributed by atoms with van der Waals surface area (Å²) in [5.41, 5.74) is 4.09. The lowest BCUT2D eigenvalue weighted by Crippen LogP contribution is -2.22. The van der Waals surface area contributed by atoms with Crippen molar-refractivity contribution in [3.05, 3.63) is 47.5 Å². The normalized spacial score (nSPS) is 13.6. The molecular formula is C21H22N4O3S2. The predicted molar refractivity (Wildman–Crippen MR) is 120 cm³/mol. The van der Waals surface area contributed by atoms with E-state index in [9.17, 15) is 4.79 Å². The molecule has 2 heterocycles. The molecular weight excluding hydrogens is 420 g/mol. The first-order valence-corrected chi connectivity index (χ1v) is 11.2. The third-order valence-electron chi connectivity index (χ3n) is 4.62. The van der Waals surface area contributed by atoms with Crippen LogP contribution in [0.25, 0.3) is 0 Å². The van der Waals surface area contributed by atoms with Gasteiger partial charge in [0.1, 0.15) is 13.2 Å². The Morgan fingerprint density at radius 1 is 1.03 bits per heavy atom. The third kappa shape index (κ3) is 4.85. The number of thioether (sulfide) groups is 1. The zero-order valence-electron chi connectivity index (χ0n) is 16.9. The van der Waals surface area contributed by atoms with Crippen molar-refractivity contribution >= 4 is 45.5 Å². The Balaban J connectivity index is 1.35. The summed E-state index contributed by atoms with van der Waals surface area (Å²) in [6, 6.07) is 11.5. The van der Waals surface area contributed by atoms with Crippen molar-refractivity contribution in [2.24, 2.45) is 0 Å². The van der Waals surface area contributed by atoms with Gasteiger partial charge in [0.05, 0.1) is 5.25 Å². The topological polar surface area (TPSA) is 85.4 Å². The van der Waals surface area contributed by atoms with Crippen LogP contribution in [0.15, 0.2) is 40.7 Å². The van der Waals surface area contributed by atoms with Gasteiger partial charge in [-0.2, -0.15) is 0 Å². The standard InChI is InChI=1S/C21H22N4O3S2/c1-12-4-5-15(10-13(12)2)23-20-24-25-21(30-20)29-14(3)19(26)22-16-6-7-17-18(11-16)28-9-8-27-17/h4-7,10-11,14H,8-9H2,1-3H3,(H,22,26)(H,23,24). The molecule has 4 rings (SSSR count). The van der Waals surface area contributed by atoms with Crippen LogP contribution in [-0.2, 0) is 4.79 Å². The van der Waals surface area contributed by atoms with Gasteiger partial charge in [-0.1, -0.05) is 29.2 Å². The summed E-state index contributed by atoms with van der Waals surface area (Å²) < 4.78 is 11.8. The van der Waals surface area contributed by atoms with Crippen LogP contribution in [0.4, 0.5) is 16.5 Å². The summed E-state index contributed by atoms with van der Waals surface area (Å²) in [5.74, 6) is 1.22. The molecule has 3 aromatic rings. The molecule has 0 saturated heterocycles. The number of carbonyl (C=O) groups excluding carboxylic acids is 1. The van der Waals surface area contributed by atoms with Gasteiger partial charge in [0, 0.05) is 17.4 Å². The minimum atomic E-state index is -0.333. The smallest absolute Gasteiger partial charge is 0.237 e. The van der Waals surface area contributed by atoms with Crippen LogP contribution in [0.2, 0.25) is 0 Å². The van der Waals surface area contributed by atoms with E-state index in [1.54, 1.807) is 18.2 Å². The Hall–Kier alpha value is -2.78. The van der Waals surface area contributed by atoms with Crippen molar-refractivity contribution in [2.45, 2.75) is 30.4 Å². The van der Waals surface area contributed by atoms with E-state index in [1.165, 1.54) is 34.2 Å². The summed E-state index contributed by atoms with van der Waals surface area (Å²) >= 11 is 2.80. The summed E-state index contributed by atoms with van der Waals surface area (Å²) in [7, 11) is 0. The molecule has 1 aromatic heterocycles. The number of benzene rings is 2. The highest BCUT2D eigenvalue weighted by atomic mass is 32.2. The van der Waals surface area contributed by atoms with Crippen LogP contribution >= 0.6 is 23.1 Å². The van der Waals surface area contributed by atoms with E-state index in [4.69, 9.17) is 9.47 Å². The SMILES string of the molecule is Cc1ccc(Nc2nnc(SC(C)C(=O)Nc3ccc4c(c3)OCCO4)s2)cc1C. The molecule has 0 bridgehead atoms. The maximum Gasteiger partial charge on any atom is 0.237 e. The summed E-state index contributed by atoms with van der Waals surface area (Å²) in [5, 5.41) is 14.9. The summed E-state index contributed by atoms with van der Waals surface area (Å²) in [4.78, 5) is 12.6. The molecule has 0 radical (unpaired) electrons. The molecule has 0 saturated carbocycles. The highest BCUT2D eigenvalue weighted by Crippen LogP contribution is 2.34. The van der Waals surface area contributed by atoms with Crippen molar-refractivity contribution in [3.8, 4) is 11.5 Å². The Morgan fingerprint density at radius 2 is 1.80 bits per heavy atom. The first-order valence-electron chi connectivity index (χ1n) is 9.53. The molecule has 1 aliphatic heterocycles. The lowest BCUT2D eigenvalue weighted by molar-refractivity contribution is -0.115. The molecule has 1 amide bonds. The average molecular weight is 443 g/mol. The van der Waals surface area contributed by atoms with E-state index in [2.05, 4.69) is 46.8 Å². The van der Waals surface area contributed by atoms with Gasteiger partial charge in [0.15, 0.2) is 15.8 Å². The number of ether oxygens (including phenoxy) is 2. The van der Waals surface area contributed by atoms with Crippen molar-refractivity contribution in [3.63, 3.8) is 0 Å². The molecule has 2 N–H and O–H groups in total. The lowest BCUT2D eigenvalue weighted by Gasteiger charge is -2.19.